The molecule has 2 aliphatic carbocycles. The van der Waals surface area contributed by atoms with E-state index in [0.29, 0.717) is 0 Å². The maximum absolute atomic E-state index is 2.57. The number of nitrogens with zero attached hydrogens (tertiary/aromatic N) is 1. The summed E-state index contributed by atoms with van der Waals surface area (Å²) in [7, 11) is 0. The molecule has 1 spiro atoms. The Labute approximate surface area is 387 Å². The van der Waals surface area contributed by atoms with Crippen LogP contribution in [0.5, 0.6) is 0 Å². The van der Waals surface area contributed by atoms with Crippen molar-refractivity contribution in [3.63, 3.8) is 0 Å². The van der Waals surface area contributed by atoms with Crippen LogP contribution in [0.2, 0.25) is 0 Å². The Bertz CT molecular complexity index is 3420. The van der Waals surface area contributed by atoms with E-state index in [1.54, 1.807) is 0 Å². The molecule has 0 aliphatic heterocycles. The van der Waals surface area contributed by atoms with Crippen molar-refractivity contribution in [3.05, 3.63) is 234 Å². The van der Waals surface area contributed by atoms with Gasteiger partial charge in [0.25, 0.3) is 0 Å². The number of anilines is 3. The first-order chi connectivity index (χ1) is 31.5. The smallest absolute Gasteiger partial charge is 0.0726 e. The molecular formula is C63H51NS. The van der Waals surface area contributed by atoms with Crippen molar-refractivity contribution in [3.8, 4) is 44.5 Å². The predicted molar refractivity (Wildman–Crippen MR) is 279 cm³/mol. The van der Waals surface area contributed by atoms with Crippen molar-refractivity contribution in [1.82, 2.24) is 0 Å². The third-order valence-corrected chi connectivity index (χ3v) is 15.3. The van der Waals surface area contributed by atoms with Gasteiger partial charge >= 0.3 is 0 Å². The minimum absolute atomic E-state index is 0.0367. The molecule has 12 rings (SSSR count). The summed E-state index contributed by atoms with van der Waals surface area (Å²) in [6.07, 6.45) is 0. The summed E-state index contributed by atoms with van der Waals surface area (Å²) in [5.74, 6) is 0. The summed E-state index contributed by atoms with van der Waals surface area (Å²) in [4.78, 5) is 2.50. The molecule has 1 heterocycles. The molecule has 1 nitrogen and oxygen atoms in total. The topological polar surface area (TPSA) is 3.24 Å². The van der Waals surface area contributed by atoms with Gasteiger partial charge in [0.05, 0.1) is 11.1 Å². The van der Waals surface area contributed by atoms with E-state index in [-0.39, 0.29) is 10.8 Å². The predicted octanol–water partition coefficient (Wildman–Crippen LogP) is 17.8. The summed E-state index contributed by atoms with van der Waals surface area (Å²) in [6.45, 7) is 14.1. The molecule has 0 saturated carbocycles. The highest BCUT2D eigenvalue weighted by molar-refractivity contribution is 7.26. The highest BCUT2D eigenvalue weighted by Crippen LogP contribution is 2.66. The largest absolute Gasteiger partial charge is 0.310 e. The van der Waals surface area contributed by atoms with Gasteiger partial charge in [0, 0.05) is 37.1 Å². The fraction of sp³-hybridized carbons (Fsp3) is 0.143. The van der Waals surface area contributed by atoms with Gasteiger partial charge in [0.1, 0.15) is 0 Å². The van der Waals surface area contributed by atoms with Gasteiger partial charge in [0.2, 0.25) is 0 Å². The second-order valence-electron chi connectivity index (χ2n) is 20.1. The Kier molecular flexibility index (Phi) is 8.83. The average molecular weight is 854 g/mol. The van der Waals surface area contributed by atoms with E-state index in [1.807, 2.05) is 11.3 Å². The quantitative estimate of drug-likeness (QED) is 0.167. The Morgan fingerprint density at radius 2 is 0.923 bits per heavy atom. The van der Waals surface area contributed by atoms with Crippen LogP contribution >= 0.6 is 11.3 Å². The van der Waals surface area contributed by atoms with Gasteiger partial charge in [-0.1, -0.05) is 199 Å². The molecule has 314 valence electrons. The summed E-state index contributed by atoms with van der Waals surface area (Å²) < 4.78 is 2.66. The molecule has 0 radical (unpaired) electrons. The number of rotatable bonds is 5. The second-order valence-corrected chi connectivity index (χ2v) is 21.2. The molecule has 2 aliphatic rings. The van der Waals surface area contributed by atoms with E-state index >= 15 is 0 Å². The van der Waals surface area contributed by atoms with Gasteiger partial charge in [-0.15, -0.1) is 11.3 Å². The lowest BCUT2D eigenvalue weighted by Crippen LogP contribution is -2.27. The molecule has 9 aromatic carbocycles. The lowest BCUT2D eigenvalue weighted by molar-refractivity contribution is 0.586. The van der Waals surface area contributed by atoms with Gasteiger partial charge in [0.15, 0.2) is 0 Å². The minimum atomic E-state index is -0.563. The van der Waals surface area contributed by atoms with Crippen LogP contribution in [0.15, 0.2) is 200 Å². The normalized spacial score (nSPS) is 13.5. The maximum atomic E-state index is 2.57. The van der Waals surface area contributed by atoms with Crippen LogP contribution in [-0.4, -0.2) is 0 Å². The molecule has 0 bridgehead atoms. The highest BCUT2D eigenvalue weighted by atomic mass is 32.1. The molecule has 0 unspecified atom stereocenters. The standard InChI is InChI=1S/C63H51NS/c1-61(2,3)43-27-32-48-49-33-28-44(62(4,5)6)38-54(49)63(53(48)37-43)52-35-36-58-60(51-22-14-16-24-57(51)65-58)59(52)50-34-31-46(39-55(50)63)64(45-29-25-41(26-30-45)40-17-9-7-10-18-40)56-23-15-13-21-47(56)42-19-11-8-12-20-42/h7-39H,1-6H3. The third-order valence-electron chi connectivity index (χ3n) is 14.2. The number of hydrogen-bond acceptors (Lipinski definition) is 2. The van der Waals surface area contributed by atoms with Crippen molar-refractivity contribution < 1.29 is 0 Å². The summed E-state index contributed by atoms with van der Waals surface area (Å²) in [5.41, 5.74) is 21.1. The molecule has 0 N–H and O–H groups in total. The molecule has 0 fully saturated rings. The van der Waals surface area contributed by atoms with Crippen molar-refractivity contribution in [2.75, 3.05) is 4.90 Å². The van der Waals surface area contributed by atoms with Crippen LogP contribution in [0, 0.1) is 0 Å². The molecule has 0 saturated heterocycles. The lowest BCUT2D eigenvalue weighted by atomic mass is 9.68. The van der Waals surface area contributed by atoms with Gasteiger partial charge < -0.3 is 4.90 Å². The summed E-state index contributed by atoms with van der Waals surface area (Å²) in [5, 5.41) is 2.70. The zero-order valence-electron chi connectivity index (χ0n) is 37.9. The zero-order valence-corrected chi connectivity index (χ0v) is 38.7. The highest BCUT2D eigenvalue weighted by Gasteiger charge is 2.53. The molecule has 1 aromatic heterocycles. The first-order valence-electron chi connectivity index (χ1n) is 23.0. The van der Waals surface area contributed by atoms with Gasteiger partial charge in [-0.05, 0) is 126 Å². The van der Waals surface area contributed by atoms with Crippen LogP contribution in [0.4, 0.5) is 17.1 Å². The van der Waals surface area contributed by atoms with Crippen molar-refractivity contribution in [1.29, 1.82) is 0 Å². The first-order valence-corrected chi connectivity index (χ1v) is 23.8. The first kappa shape index (κ1) is 39.6. The van der Waals surface area contributed by atoms with E-state index in [4.69, 9.17) is 0 Å². The van der Waals surface area contributed by atoms with Gasteiger partial charge in [-0.3, -0.25) is 0 Å². The zero-order chi connectivity index (χ0) is 44.2. The summed E-state index contributed by atoms with van der Waals surface area (Å²) in [6, 6.07) is 75.7. The number of hydrogen-bond donors (Lipinski definition) is 0. The van der Waals surface area contributed by atoms with E-state index in [0.717, 1.165) is 17.1 Å². The molecular weight excluding hydrogens is 803 g/mol. The fourth-order valence-electron chi connectivity index (χ4n) is 11.0. The Hall–Kier alpha value is -7.00. The lowest BCUT2D eigenvalue weighted by Gasteiger charge is -2.34. The van der Waals surface area contributed by atoms with E-state index < -0.39 is 5.41 Å². The Morgan fingerprint density at radius 1 is 0.385 bits per heavy atom. The fourth-order valence-corrected chi connectivity index (χ4v) is 12.1. The molecule has 2 heteroatoms. The van der Waals surface area contributed by atoms with Crippen LogP contribution in [-0.2, 0) is 16.2 Å². The second kappa shape index (κ2) is 14.5. The van der Waals surface area contributed by atoms with Crippen molar-refractivity contribution >= 4 is 48.6 Å². The van der Waals surface area contributed by atoms with Gasteiger partial charge in [-0.2, -0.15) is 0 Å². The molecule has 65 heavy (non-hydrogen) atoms. The minimum Gasteiger partial charge on any atom is -0.310 e. The van der Waals surface area contributed by atoms with Crippen molar-refractivity contribution in [2.24, 2.45) is 0 Å². The van der Waals surface area contributed by atoms with E-state index in [1.165, 1.54) is 98.1 Å². The number of thiophene rings is 1. The summed E-state index contributed by atoms with van der Waals surface area (Å²) >= 11 is 1.91. The number of benzene rings is 9. The number of fused-ring (bicyclic) bond motifs is 14. The maximum Gasteiger partial charge on any atom is 0.0726 e. The van der Waals surface area contributed by atoms with Crippen molar-refractivity contribution in [2.45, 2.75) is 57.8 Å². The van der Waals surface area contributed by atoms with Crippen LogP contribution < -0.4 is 4.90 Å². The Morgan fingerprint density at radius 3 is 1.58 bits per heavy atom. The van der Waals surface area contributed by atoms with Crippen LogP contribution in [0.3, 0.4) is 0 Å². The van der Waals surface area contributed by atoms with E-state index in [2.05, 4.69) is 247 Å². The van der Waals surface area contributed by atoms with Crippen LogP contribution in [0.25, 0.3) is 64.7 Å². The third kappa shape index (κ3) is 6.04. The SMILES string of the molecule is CC(C)(C)c1ccc2c(c1)C1(c3cc(C(C)(C)C)ccc3-2)c2cc(N(c3ccc(-c4ccccc4)cc3)c3ccccc3-c3ccccc3)ccc2-c2c1ccc1sc3ccccc3c21. The van der Waals surface area contributed by atoms with Crippen LogP contribution in [0.1, 0.15) is 74.9 Å². The monoisotopic (exact) mass is 853 g/mol. The number of para-hydroxylation sites is 1. The Balaban J connectivity index is 1.20. The molecule has 10 aromatic rings. The molecule has 0 atom stereocenters. The average Bonchev–Trinajstić information content (AvgIpc) is 3.95. The molecule has 0 amide bonds. The van der Waals surface area contributed by atoms with Gasteiger partial charge in [-0.25, -0.2) is 0 Å². The van der Waals surface area contributed by atoms with E-state index in [9.17, 15) is 0 Å².